The molecule has 0 saturated heterocycles. The van der Waals surface area contributed by atoms with E-state index in [0.29, 0.717) is 17.5 Å². The fourth-order valence-electron chi connectivity index (χ4n) is 2.67. The van der Waals surface area contributed by atoms with Crippen molar-refractivity contribution in [2.24, 2.45) is 4.99 Å². The number of halogens is 1. The maximum Gasteiger partial charge on any atom is 0.224 e. The molecule has 1 aliphatic carbocycles. The summed E-state index contributed by atoms with van der Waals surface area (Å²) >= 11 is 5.82. The van der Waals surface area contributed by atoms with Gasteiger partial charge in [0.25, 0.3) is 0 Å². The van der Waals surface area contributed by atoms with Gasteiger partial charge in [-0.2, -0.15) is 0 Å². The molecule has 1 aliphatic rings. The smallest absolute Gasteiger partial charge is 0.224 e. The van der Waals surface area contributed by atoms with E-state index in [2.05, 4.69) is 20.9 Å². The largest absolute Gasteiger partial charge is 0.356 e. The first-order valence-corrected chi connectivity index (χ1v) is 8.58. The summed E-state index contributed by atoms with van der Waals surface area (Å²) in [5.41, 5.74) is 0.770. The van der Waals surface area contributed by atoms with Gasteiger partial charge in [0.05, 0.1) is 0 Å². The summed E-state index contributed by atoms with van der Waals surface area (Å²) < 4.78 is 0. The topological polar surface area (TPSA) is 65.5 Å². The molecule has 1 saturated carbocycles. The zero-order chi connectivity index (χ0) is 16.5. The van der Waals surface area contributed by atoms with Crippen LogP contribution in [-0.2, 0) is 4.79 Å². The maximum absolute atomic E-state index is 11.9. The number of rotatable bonds is 6. The van der Waals surface area contributed by atoms with Gasteiger partial charge in [0, 0.05) is 36.8 Å². The van der Waals surface area contributed by atoms with Crippen LogP contribution in [0, 0.1) is 0 Å². The highest BCUT2D eigenvalue weighted by molar-refractivity contribution is 6.30. The highest BCUT2D eigenvalue weighted by Crippen LogP contribution is 2.17. The van der Waals surface area contributed by atoms with Gasteiger partial charge in [-0.1, -0.05) is 24.4 Å². The first-order chi connectivity index (χ1) is 11.2. The second-order valence-corrected chi connectivity index (χ2v) is 6.22. The molecule has 1 fully saturated rings. The van der Waals surface area contributed by atoms with Crippen molar-refractivity contribution in [1.82, 2.24) is 10.6 Å². The van der Waals surface area contributed by atoms with Crippen LogP contribution in [0.3, 0.4) is 0 Å². The second kappa shape index (κ2) is 9.40. The highest BCUT2D eigenvalue weighted by atomic mass is 35.5. The number of hydrogen-bond acceptors (Lipinski definition) is 2. The Morgan fingerprint density at radius 2 is 1.96 bits per heavy atom. The molecule has 0 heterocycles. The fraction of sp³-hybridized carbons (Fsp3) is 0.529. The molecule has 0 radical (unpaired) electrons. The lowest BCUT2D eigenvalue weighted by molar-refractivity contribution is -0.116. The molecule has 0 aromatic heterocycles. The molecular weight excluding hydrogens is 312 g/mol. The molecule has 1 amide bonds. The maximum atomic E-state index is 11.9. The molecule has 2 rings (SSSR count). The Bertz CT molecular complexity index is 524. The number of hydrogen-bond donors (Lipinski definition) is 3. The van der Waals surface area contributed by atoms with Crippen LogP contribution in [0.1, 0.15) is 38.5 Å². The minimum atomic E-state index is 0.00728. The molecule has 5 nitrogen and oxygen atoms in total. The second-order valence-electron chi connectivity index (χ2n) is 5.78. The number of anilines is 1. The van der Waals surface area contributed by atoms with Crippen LogP contribution >= 0.6 is 11.6 Å². The molecule has 0 atom stereocenters. The van der Waals surface area contributed by atoms with E-state index in [9.17, 15) is 4.79 Å². The molecule has 0 unspecified atom stereocenters. The molecule has 1 aromatic carbocycles. The quantitative estimate of drug-likeness (QED) is 0.424. The van der Waals surface area contributed by atoms with Gasteiger partial charge >= 0.3 is 0 Å². The number of nitrogens with zero attached hydrogens (tertiary/aromatic N) is 1. The summed E-state index contributed by atoms with van der Waals surface area (Å²) in [7, 11) is 1.78. The van der Waals surface area contributed by atoms with Crippen molar-refractivity contribution in [1.29, 1.82) is 0 Å². The number of guanidine groups is 1. The molecule has 1 aromatic rings. The highest BCUT2D eigenvalue weighted by Gasteiger charge is 2.15. The third-order valence-electron chi connectivity index (χ3n) is 3.92. The Kier molecular flexibility index (Phi) is 7.20. The standard InChI is InChI=1S/C17H25ClN4O/c1-19-17(22-14-5-2-3-6-14)20-12-4-7-16(23)21-15-10-8-13(18)9-11-15/h8-11,14H,2-7,12H2,1H3,(H,21,23)(H2,19,20,22). The Morgan fingerprint density at radius 1 is 1.26 bits per heavy atom. The normalized spacial score (nSPS) is 15.5. The fourth-order valence-corrected chi connectivity index (χ4v) is 2.80. The summed E-state index contributed by atoms with van der Waals surface area (Å²) in [5, 5.41) is 10.2. The molecular formula is C17H25ClN4O. The monoisotopic (exact) mass is 336 g/mol. The predicted molar refractivity (Wildman–Crippen MR) is 96.1 cm³/mol. The summed E-state index contributed by atoms with van der Waals surface area (Å²) in [6.07, 6.45) is 6.23. The zero-order valence-corrected chi connectivity index (χ0v) is 14.3. The van der Waals surface area contributed by atoms with Crippen molar-refractivity contribution >= 4 is 29.2 Å². The third-order valence-corrected chi connectivity index (χ3v) is 4.17. The van der Waals surface area contributed by atoms with E-state index in [-0.39, 0.29) is 5.91 Å². The van der Waals surface area contributed by atoms with Gasteiger partial charge in [-0.15, -0.1) is 0 Å². The van der Waals surface area contributed by atoms with E-state index in [1.165, 1.54) is 25.7 Å². The van der Waals surface area contributed by atoms with Gasteiger partial charge in [0.15, 0.2) is 5.96 Å². The SMILES string of the molecule is CN=C(NCCCC(=O)Nc1ccc(Cl)cc1)NC1CCCC1. The molecule has 0 aliphatic heterocycles. The Morgan fingerprint density at radius 3 is 2.61 bits per heavy atom. The third kappa shape index (κ3) is 6.48. The van der Waals surface area contributed by atoms with Crippen molar-refractivity contribution in [3.63, 3.8) is 0 Å². The average molecular weight is 337 g/mol. The Labute approximate surface area is 142 Å². The number of carbonyl (C=O) groups is 1. The first-order valence-electron chi connectivity index (χ1n) is 8.20. The molecule has 3 N–H and O–H groups in total. The summed E-state index contributed by atoms with van der Waals surface area (Å²) in [6.45, 7) is 0.723. The van der Waals surface area contributed by atoms with Gasteiger partial charge in [-0.05, 0) is 43.5 Å². The first kappa shape index (κ1) is 17.6. The lowest BCUT2D eigenvalue weighted by atomic mass is 10.2. The molecule has 126 valence electrons. The van der Waals surface area contributed by atoms with Crippen molar-refractivity contribution in [3.8, 4) is 0 Å². The van der Waals surface area contributed by atoms with Crippen LogP contribution in [0.25, 0.3) is 0 Å². The van der Waals surface area contributed by atoms with Gasteiger partial charge in [-0.3, -0.25) is 9.79 Å². The molecule has 23 heavy (non-hydrogen) atoms. The number of benzene rings is 1. The Hall–Kier alpha value is -1.75. The van der Waals surface area contributed by atoms with Gasteiger partial charge in [0.2, 0.25) is 5.91 Å². The summed E-state index contributed by atoms with van der Waals surface area (Å²) in [4.78, 5) is 16.1. The van der Waals surface area contributed by atoms with E-state index in [4.69, 9.17) is 11.6 Å². The van der Waals surface area contributed by atoms with Gasteiger partial charge in [0.1, 0.15) is 0 Å². The molecule has 6 heteroatoms. The number of amides is 1. The van der Waals surface area contributed by atoms with Crippen LogP contribution in [-0.4, -0.2) is 31.5 Å². The van der Waals surface area contributed by atoms with E-state index in [1.54, 1.807) is 31.3 Å². The van der Waals surface area contributed by atoms with Crippen LogP contribution in [0.4, 0.5) is 5.69 Å². The predicted octanol–water partition coefficient (Wildman–Crippen LogP) is 3.17. The van der Waals surface area contributed by atoms with Crippen LogP contribution in [0.5, 0.6) is 0 Å². The van der Waals surface area contributed by atoms with Crippen molar-refractivity contribution < 1.29 is 4.79 Å². The molecule has 0 bridgehead atoms. The minimum absolute atomic E-state index is 0.00728. The number of carbonyl (C=O) groups excluding carboxylic acids is 1. The number of aliphatic imine (C=N–C) groups is 1. The lowest BCUT2D eigenvalue weighted by Gasteiger charge is -2.16. The summed E-state index contributed by atoms with van der Waals surface area (Å²) in [5.74, 6) is 0.836. The van der Waals surface area contributed by atoms with Gasteiger partial charge in [-0.25, -0.2) is 0 Å². The molecule has 0 spiro atoms. The summed E-state index contributed by atoms with van der Waals surface area (Å²) in [6, 6.07) is 7.65. The van der Waals surface area contributed by atoms with Crippen molar-refractivity contribution in [2.75, 3.05) is 18.9 Å². The zero-order valence-electron chi connectivity index (χ0n) is 13.6. The minimum Gasteiger partial charge on any atom is -0.356 e. The Balaban J connectivity index is 1.61. The lowest BCUT2D eigenvalue weighted by Crippen LogP contribution is -2.42. The van der Waals surface area contributed by atoms with Crippen LogP contribution in [0.15, 0.2) is 29.3 Å². The average Bonchev–Trinajstić information content (AvgIpc) is 3.05. The van der Waals surface area contributed by atoms with Crippen LogP contribution < -0.4 is 16.0 Å². The van der Waals surface area contributed by atoms with Crippen LogP contribution in [0.2, 0.25) is 5.02 Å². The van der Waals surface area contributed by atoms with Crippen molar-refractivity contribution in [3.05, 3.63) is 29.3 Å². The van der Waals surface area contributed by atoms with E-state index in [0.717, 1.165) is 24.6 Å². The van der Waals surface area contributed by atoms with Crippen molar-refractivity contribution in [2.45, 2.75) is 44.6 Å². The van der Waals surface area contributed by atoms with Gasteiger partial charge < -0.3 is 16.0 Å². The van der Waals surface area contributed by atoms with E-state index < -0.39 is 0 Å². The van der Waals surface area contributed by atoms with E-state index >= 15 is 0 Å². The number of nitrogens with one attached hydrogen (secondary N) is 3. The van der Waals surface area contributed by atoms with E-state index in [1.807, 2.05) is 0 Å².